The Kier molecular flexibility index (Phi) is 4.00. The molecule has 0 fully saturated rings. The largest absolute Gasteiger partial charge is 0.328 e. The molecule has 3 aromatic rings. The van der Waals surface area contributed by atoms with E-state index in [1.807, 2.05) is 36.7 Å². The number of rotatable bonds is 4. The van der Waals surface area contributed by atoms with Gasteiger partial charge in [-0.05, 0) is 23.1 Å². The van der Waals surface area contributed by atoms with Crippen molar-refractivity contribution in [3.8, 4) is 10.7 Å². The third-order valence-electron chi connectivity index (χ3n) is 3.23. The first kappa shape index (κ1) is 13.5. The first-order chi connectivity index (χ1) is 9.81. The maximum Gasteiger partial charge on any atom is 0.150 e. The van der Waals surface area contributed by atoms with E-state index >= 15 is 0 Å². The fraction of sp³-hybridized carbons (Fsp3) is 0.133. The van der Waals surface area contributed by atoms with E-state index in [1.54, 1.807) is 11.3 Å². The molecule has 0 saturated carbocycles. The van der Waals surface area contributed by atoms with Crippen molar-refractivity contribution in [2.75, 3.05) is 6.54 Å². The number of hydrogen-bond donors (Lipinski definition) is 1. The molecule has 0 bridgehead atoms. The summed E-state index contributed by atoms with van der Waals surface area (Å²) in [4.78, 5) is 5.64. The van der Waals surface area contributed by atoms with Crippen molar-refractivity contribution in [2.45, 2.75) is 6.04 Å². The Balaban J connectivity index is 2.08. The van der Waals surface area contributed by atoms with Crippen molar-refractivity contribution >= 4 is 27.3 Å². The minimum Gasteiger partial charge on any atom is -0.328 e. The summed E-state index contributed by atoms with van der Waals surface area (Å²) in [6, 6.07) is 12.4. The van der Waals surface area contributed by atoms with Crippen LogP contribution in [0, 0.1) is 0 Å². The Labute approximate surface area is 130 Å². The number of hydrogen-bond acceptors (Lipinski definition) is 3. The van der Waals surface area contributed by atoms with Gasteiger partial charge in [0.2, 0.25) is 0 Å². The number of halogens is 1. The van der Waals surface area contributed by atoms with Crippen molar-refractivity contribution in [1.29, 1.82) is 0 Å². The molecule has 20 heavy (non-hydrogen) atoms. The van der Waals surface area contributed by atoms with Crippen LogP contribution in [0.4, 0.5) is 0 Å². The fourth-order valence-electron chi connectivity index (χ4n) is 2.30. The lowest BCUT2D eigenvalue weighted by atomic mass is 10.1. The Morgan fingerprint density at radius 1 is 1.25 bits per heavy atom. The van der Waals surface area contributed by atoms with Crippen LogP contribution in [-0.4, -0.2) is 16.1 Å². The molecule has 0 aliphatic rings. The molecular weight excluding hydrogens is 334 g/mol. The van der Waals surface area contributed by atoms with Crippen LogP contribution in [-0.2, 0) is 0 Å². The van der Waals surface area contributed by atoms with Crippen molar-refractivity contribution < 1.29 is 0 Å². The Hall–Kier alpha value is -1.43. The van der Waals surface area contributed by atoms with Gasteiger partial charge < -0.3 is 10.3 Å². The van der Waals surface area contributed by atoms with E-state index in [4.69, 9.17) is 5.73 Å². The molecule has 5 heteroatoms. The van der Waals surface area contributed by atoms with E-state index in [2.05, 4.69) is 43.0 Å². The summed E-state index contributed by atoms with van der Waals surface area (Å²) in [5, 5.41) is 2.06. The minimum atomic E-state index is 0.0742. The molecular formula is C15H14BrN3S. The van der Waals surface area contributed by atoms with Gasteiger partial charge >= 0.3 is 0 Å². The first-order valence-electron chi connectivity index (χ1n) is 6.32. The van der Waals surface area contributed by atoms with E-state index in [9.17, 15) is 0 Å². The third kappa shape index (κ3) is 2.44. The van der Waals surface area contributed by atoms with Crippen molar-refractivity contribution in [2.24, 2.45) is 5.73 Å². The zero-order valence-electron chi connectivity index (χ0n) is 10.7. The summed E-state index contributed by atoms with van der Waals surface area (Å²) in [6.07, 6.45) is 3.82. The quantitative estimate of drug-likeness (QED) is 0.777. The van der Waals surface area contributed by atoms with Gasteiger partial charge in [0.25, 0.3) is 0 Å². The van der Waals surface area contributed by atoms with E-state index in [0.29, 0.717) is 6.54 Å². The van der Waals surface area contributed by atoms with Gasteiger partial charge in [0.15, 0.2) is 5.82 Å². The molecule has 2 N–H and O–H groups in total. The smallest absolute Gasteiger partial charge is 0.150 e. The zero-order chi connectivity index (χ0) is 13.9. The lowest BCUT2D eigenvalue weighted by Gasteiger charge is -2.20. The highest BCUT2D eigenvalue weighted by atomic mass is 79.9. The lowest BCUT2D eigenvalue weighted by molar-refractivity contribution is 0.598. The highest BCUT2D eigenvalue weighted by Gasteiger charge is 2.18. The highest BCUT2D eigenvalue weighted by Crippen LogP contribution is 2.31. The minimum absolute atomic E-state index is 0.0742. The summed E-state index contributed by atoms with van der Waals surface area (Å²) in [7, 11) is 0. The number of aromatic nitrogens is 2. The molecule has 102 valence electrons. The molecule has 1 unspecified atom stereocenters. The third-order valence-corrected chi connectivity index (χ3v) is 4.82. The molecule has 0 aliphatic carbocycles. The summed E-state index contributed by atoms with van der Waals surface area (Å²) < 4.78 is 3.22. The SMILES string of the molecule is NCC(c1ccccc1Br)n1ccnc1-c1cccs1. The van der Waals surface area contributed by atoms with Gasteiger partial charge in [0.1, 0.15) is 0 Å². The van der Waals surface area contributed by atoms with Crippen molar-refractivity contribution in [3.63, 3.8) is 0 Å². The molecule has 0 spiro atoms. The molecule has 0 aliphatic heterocycles. The van der Waals surface area contributed by atoms with Crippen LogP contribution in [0.5, 0.6) is 0 Å². The van der Waals surface area contributed by atoms with Crippen molar-refractivity contribution in [3.05, 3.63) is 64.2 Å². The molecule has 3 rings (SSSR count). The monoisotopic (exact) mass is 347 g/mol. The van der Waals surface area contributed by atoms with Crippen LogP contribution in [0.25, 0.3) is 10.7 Å². The number of nitrogens with two attached hydrogens (primary N) is 1. The zero-order valence-corrected chi connectivity index (χ0v) is 13.1. The predicted molar refractivity (Wildman–Crippen MR) is 86.9 cm³/mol. The van der Waals surface area contributed by atoms with Crippen LogP contribution in [0.15, 0.2) is 58.6 Å². The van der Waals surface area contributed by atoms with Crippen LogP contribution in [0.3, 0.4) is 0 Å². The molecule has 1 aromatic carbocycles. The van der Waals surface area contributed by atoms with Gasteiger partial charge in [-0.1, -0.05) is 40.2 Å². The number of imidazole rings is 1. The normalized spacial score (nSPS) is 12.5. The fourth-order valence-corrected chi connectivity index (χ4v) is 3.57. The van der Waals surface area contributed by atoms with Gasteiger partial charge in [-0.25, -0.2) is 4.98 Å². The standard InChI is InChI=1S/C15H14BrN3S/c16-12-5-2-1-4-11(12)13(10-17)19-8-7-18-15(19)14-6-3-9-20-14/h1-9,13H,10,17H2. The highest BCUT2D eigenvalue weighted by molar-refractivity contribution is 9.10. The summed E-state index contributed by atoms with van der Waals surface area (Å²) in [5.41, 5.74) is 7.19. The van der Waals surface area contributed by atoms with Gasteiger partial charge in [0.05, 0.1) is 10.9 Å². The van der Waals surface area contributed by atoms with Gasteiger partial charge in [-0.15, -0.1) is 11.3 Å². The van der Waals surface area contributed by atoms with Gasteiger partial charge in [0, 0.05) is 23.4 Å². The summed E-state index contributed by atoms with van der Waals surface area (Å²) in [5.74, 6) is 0.964. The van der Waals surface area contributed by atoms with E-state index in [0.717, 1.165) is 15.2 Å². The number of benzene rings is 1. The second-order valence-corrected chi connectivity index (χ2v) is 6.21. The Morgan fingerprint density at radius 2 is 2.10 bits per heavy atom. The van der Waals surface area contributed by atoms with Crippen molar-refractivity contribution in [1.82, 2.24) is 9.55 Å². The van der Waals surface area contributed by atoms with Gasteiger partial charge in [-0.2, -0.15) is 0 Å². The Bertz CT molecular complexity index is 691. The summed E-state index contributed by atoms with van der Waals surface area (Å²) >= 11 is 5.30. The maximum atomic E-state index is 6.02. The second-order valence-electron chi connectivity index (χ2n) is 4.41. The van der Waals surface area contributed by atoms with Crippen LogP contribution < -0.4 is 5.73 Å². The lowest BCUT2D eigenvalue weighted by Crippen LogP contribution is -2.21. The number of nitrogens with zero attached hydrogens (tertiary/aromatic N) is 2. The molecule has 1 atom stereocenters. The molecule has 3 nitrogen and oxygen atoms in total. The topological polar surface area (TPSA) is 43.8 Å². The molecule has 0 amide bonds. The summed E-state index contributed by atoms with van der Waals surface area (Å²) in [6.45, 7) is 0.525. The molecule has 2 aromatic heterocycles. The second kappa shape index (κ2) is 5.91. The molecule has 0 saturated heterocycles. The maximum absolute atomic E-state index is 6.02. The average molecular weight is 348 g/mol. The van der Waals surface area contributed by atoms with Crippen LogP contribution >= 0.6 is 27.3 Å². The first-order valence-corrected chi connectivity index (χ1v) is 7.99. The van der Waals surface area contributed by atoms with E-state index in [-0.39, 0.29) is 6.04 Å². The van der Waals surface area contributed by atoms with E-state index < -0.39 is 0 Å². The molecule has 2 heterocycles. The van der Waals surface area contributed by atoms with Crippen LogP contribution in [0.2, 0.25) is 0 Å². The van der Waals surface area contributed by atoms with Gasteiger partial charge in [-0.3, -0.25) is 0 Å². The Morgan fingerprint density at radius 3 is 2.80 bits per heavy atom. The van der Waals surface area contributed by atoms with E-state index in [1.165, 1.54) is 5.56 Å². The predicted octanol–water partition coefficient (Wildman–Crippen LogP) is 3.92. The number of thiophene rings is 1. The average Bonchev–Trinajstić information content (AvgIpc) is 3.11. The molecule has 0 radical (unpaired) electrons. The van der Waals surface area contributed by atoms with Crippen LogP contribution in [0.1, 0.15) is 11.6 Å².